The predicted molar refractivity (Wildman–Crippen MR) is 180 cm³/mol. The molecule has 6 N–H and O–H groups in total. The van der Waals surface area contributed by atoms with Gasteiger partial charge in [-0.1, -0.05) is 84.9 Å². The van der Waals surface area contributed by atoms with Crippen molar-refractivity contribution in [3.63, 3.8) is 0 Å². The molecule has 0 aliphatic rings. The number of nitrogens with two attached hydrogens (primary N) is 1. The normalized spacial score (nSPS) is 13.2. The Morgan fingerprint density at radius 3 is 2.09 bits per heavy atom. The number of aliphatic hydroxyl groups is 1. The number of carbonyl (C=O) groups excluding carboxylic acids is 4. The van der Waals surface area contributed by atoms with Crippen molar-refractivity contribution in [3.05, 3.63) is 114 Å². The van der Waals surface area contributed by atoms with Crippen LogP contribution in [0.2, 0.25) is 0 Å². The second-order valence-corrected chi connectivity index (χ2v) is 12.5. The molecule has 47 heavy (non-hydrogen) atoms. The lowest BCUT2D eigenvalue weighted by Crippen LogP contribution is -2.57. The van der Waals surface area contributed by atoms with Crippen LogP contribution in [-0.4, -0.2) is 69.0 Å². The van der Waals surface area contributed by atoms with Crippen molar-refractivity contribution < 1.29 is 24.3 Å². The standard InChI is InChI=1S/C36H42N6O5/c1-36(2,3)41-35(47)42(22-25-14-8-5-9-15-25)23-31(43)29(20-24-12-6-4-7-13-24)39-34(46)30(21-32(37)44)40-33(45)28-19-18-26-16-10-11-17-27(26)38-28/h4-19,29-31,43H,20-23H2,1-3H3,(H2,37,44)(H,39,46)(H,40,45)(H,41,47)/t29-,30-,31?/m0/s1. The monoisotopic (exact) mass is 638 g/mol. The number of nitrogens with one attached hydrogen (secondary N) is 3. The first-order valence-corrected chi connectivity index (χ1v) is 15.5. The zero-order valence-electron chi connectivity index (χ0n) is 26.9. The first-order chi connectivity index (χ1) is 22.4. The Balaban J connectivity index is 1.56. The maximum atomic E-state index is 13.7. The van der Waals surface area contributed by atoms with E-state index in [0.29, 0.717) is 5.52 Å². The summed E-state index contributed by atoms with van der Waals surface area (Å²) in [7, 11) is 0. The molecular formula is C36H42N6O5. The highest BCUT2D eigenvalue weighted by Gasteiger charge is 2.31. The lowest BCUT2D eigenvalue weighted by molar-refractivity contribution is -0.128. The van der Waals surface area contributed by atoms with Crippen molar-refractivity contribution in [2.45, 2.75) is 63.9 Å². The second-order valence-electron chi connectivity index (χ2n) is 12.5. The van der Waals surface area contributed by atoms with Gasteiger partial charge in [0.15, 0.2) is 0 Å². The highest BCUT2D eigenvalue weighted by molar-refractivity contribution is 5.99. The average molecular weight is 639 g/mol. The van der Waals surface area contributed by atoms with E-state index in [-0.39, 0.29) is 31.2 Å². The van der Waals surface area contributed by atoms with E-state index in [2.05, 4.69) is 20.9 Å². The minimum Gasteiger partial charge on any atom is -0.389 e. The lowest BCUT2D eigenvalue weighted by atomic mass is 9.99. The van der Waals surface area contributed by atoms with Crippen molar-refractivity contribution in [3.8, 4) is 0 Å². The van der Waals surface area contributed by atoms with Crippen molar-refractivity contribution in [1.29, 1.82) is 0 Å². The number of aromatic nitrogens is 1. The number of pyridine rings is 1. The van der Waals surface area contributed by atoms with E-state index in [1.165, 1.54) is 11.0 Å². The van der Waals surface area contributed by atoms with Crippen molar-refractivity contribution in [2.75, 3.05) is 6.54 Å². The molecule has 0 saturated heterocycles. The van der Waals surface area contributed by atoms with Gasteiger partial charge in [-0.3, -0.25) is 14.4 Å². The van der Waals surface area contributed by atoms with Crippen LogP contribution in [0.3, 0.4) is 0 Å². The SMILES string of the molecule is CC(C)(C)NC(=O)N(Cc1ccccc1)CC(O)[C@H](Cc1ccccc1)NC(=O)[C@H](CC(N)=O)NC(=O)c1ccc2ccccc2n1. The molecule has 4 rings (SSSR count). The van der Waals surface area contributed by atoms with E-state index in [9.17, 15) is 24.3 Å². The largest absolute Gasteiger partial charge is 0.389 e. The second kappa shape index (κ2) is 15.8. The smallest absolute Gasteiger partial charge is 0.318 e. The molecule has 0 radical (unpaired) electrons. The summed E-state index contributed by atoms with van der Waals surface area (Å²) in [5.74, 6) is -2.18. The highest BCUT2D eigenvalue weighted by Crippen LogP contribution is 2.14. The maximum Gasteiger partial charge on any atom is 0.318 e. The molecule has 11 heteroatoms. The summed E-state index contributed by atoms with van der Waals surface area (Å²) in [6.45, 7) is 5.68. The summed E-state index contributed by atoms with van der Waals surface area (Å²) < 4.78 is 0. The molecule has 246 valence electrons. The number of hydrogen-bond donors (Lipinski definition) is 5. The Hall–Kier alpha value is -5.29. The molecular weight excluding hydrogens is 596 g/mol. The molecule has 1 aromatic heterocycles. The fraction of sp³-hybridized carbons (Fsp3) is 0.306. The van der Waals surface area contributed by atoms with E-state index in [1.807, 2.05) is 93.6 Å². The maximum absolute atomic E-state index is 13.7. The lowest BCUT2D eigenvalue weighted by Gasteiger charge is -2.33. The number of nitrogens with zero attached hydrogens (tertiary/aromatic N) is 2. The molecule has 4 aromatic rings. The van der Waals surface area contributed by atoms with E-state index in [0.717, 1.165) is 16.5 Å². The van der Waals surface area contributed by atoms with Gasteiger partial charge in [0.05, 0.1) is 30.6 Å². The Kier molecular flexibility index (Phi) is 11.6. The van der Waals surface area contributed by atoms with Crippen LogP contribution in [0.1, 0.15) is 48.8 Å². The number of carbonyl (C=O) groups is 4. The molecule has 0 saturated carbocycles. The molecule has 1 heterocycles. The third-order valence-corrected chi connectivity index (χ3v) is 7.34. The van der Waals surface area contributed by atoms with Gasteiger partial charge in [-0.15, -0.1) is 0 Å². The van der Waals surface area contributed by atoms with Gasteiger partial charge in [0.2, 0.25) is 11.8 Å². The van der Waals surface area contributed by atoms with Gasteiger partial charge in [-0.2, -0.15) is 0 Å². The number of aliphatic hydroxyl groups excluding tert-OH is 1. The third kappa shape index (κ3) is 10.6. The minimum absolute atomic E-state index is 0.0632. The van der Waals surface area contributed by atoms with Crippen LogP contribution in [0.15, 0.2) is 97.1 Å². The number of benzene rings is 3. The minimum atomic E-state index is -1.34. The number of primary amides is 1. The van der Waals surface area contributed by atoms with E-state index >= 15 is 0 Å². The molecule has 0 aliphatic carbocycles. The van der Waals surface area contributed by atoms with Gasteiger partial charge in [0.1, 0.15) is 11.7 Å². The summed E-state index contributed by atoms with van der Waals surface area (Å²) in [6.07, 6.45) is -1.51. The average Bonchev–Trinajstić information content (AvgIpc) is 3.03. The number of amides is 5. The number of fused-ring (bicyclic) bond motifs is 1. The quantitative estimate of drug-likeness (QED) is 0.151. The Bertz CT molecular complexity index is 1680. The van der Waals surface area contributed by atoms with E-state index < -0.39 is 47.9 Å². The number of hydrogen-bond acceptors (Lipinski definition) is 6. The van der Waals surface area contributed by atoms with Gasteiger partial charge < -0.3 is 31.7 Å². The van der Waals surface area contributed by atoms with Crippen molar-refractivity contribution >= 4 is 34.7 Å². The van der Waals surface area contributed by atoms with Crippen molar-refractivity contribution in [2.24, 2.45) is 5.73 Å². The number of rotatable bonds is 13. The van der Waals surface area contributed by atoms with Crippen LogP contribution in [0, 0.1) is 0 Å². The summed E-state index contributed by atoms with van der Waals surface area (Å²) in [4.78, 5) is 58.1. The van der Waals surface area contributed by atoms with Gasteiger partial charge in [0.25, 0.3) is 5.91 Å². The predicted octanol–water partition coefficient (Wildman–Crippen LogP) is 3.31. The summed E-state index contributed by atoms with van der Waals surface area (Å²) in [5.41, 5.74) is 7.28. The van der Waals surface area contributed by atoms with Gasteiger partial charge in [0, 0.05) is 17.5 Å². The summed E-state index contributed by atoms with van der Waals surface area (Å²) in [5, 5.41) is 20.8. The first kappa shape index (κ1) is 34.6. The molecule has 0 aliphatic heterocycles. The topological polar surface area (TPSA) is 167 Å². The Morgan fingerprint density at radius 1 is 0.830 bits per heavy atom. The molecule has 0 spiro atoms. The molecule has 3 aromatic carbocycles. The van der Waals surface area contributed by atoms with Crippen LogP contribution < -0.4 is 21.7 Å². The molecule has 1 unspecified atom stereocenters. The molecule has 3 atom stereocenters. The summed E-state index contributed by atoms with van der Waals surface area (Å²) >= 11 is 0. The van der Waals surface area contributed by atoms with Gasteiger partial charge in [-0.05, 0) is 50.5 Å². The number of urea groups is 1. The Morgan fingerprint density at radius 2 is 1.45 bits per heavy atom. The molecule has 0 fully saturated rings. The van der Waals surface area contributed by atoms with Crippen molar-refractivity contribution in [1.82, 2.24) is 25.8 Å². The van der Waals surface area contributed by atoms with E-state index in [1.54, 1.807) is 18.2 Å². The highest BCUT2D eigenvalue weighted by atomic mass is 16.3. The fourth-order valence-corrected chi connectivity index (χ4v) is 5.05. The Labute approximate surface area is 274 Å². The molecule has 11 nitrogen and oxygen atoms in total. The van der Waals surface area contributed by atoms with Crippen LogP contribution in [0.4, 0.5) is 4.79 Å². The number of para-hydroxylation sites is 1. The van der Waals surface area contributed by atoms with Crippen LogP contribution in [-0.2, 0) is 22.6 Å². The third-order valence-electron chi connectivity index (χ3n) is 7.34. The molecule has 5 amide bonds. The van der Waals surface area contributed by atoms with Crippen LogP contribution in [0.25, 0.3) is 10.9 Å². The zero-order valence-corrected chi connectivity index (χ0v) is 26.9. The van der Waals surface area contributed by atoms with E-state index in [4.69, 9.17) is 5.73 Å². The summed E-state index contributed by atoms with van der Waals surface area (Å²) in [6, 6.07) is 26.5. The van der Waals surface area contributed by atoms with Gasteiger partial charge >= 0.3 is 6.03 Å². The first-order valence-electron chi connectivity index (χ1n) is 15.5. The fourth-order valence-electron chi connectivity index (χ4n) is 5.05. The van der Waals surface area contributed by atoms with Crippen LogP contribution >= 0.6 is 0 Å². The van der Waals surface area contributed by atoms with Crippen LogP contribution in [0.5, 0.6) is 0 Å². The van der Waals surface area contributed by atoms with Gasteiger partial charge in [-0.25, -0.2) is 9.78 Å². The zero-order chi connectivity index (χ0) is 34.0. The molecule has 0 bridgehead atoms.